The largest absolute Gasteiger partial charge is 0.325 e. The fourth-order valence-electron chi connectivity index (χ4n) is 2.52. The van der Waals surface area contributed by atoms with Crippen LogP contribution in [0, 0.1) is 13.8 Å². The van der Waals surface area contributed by atoms with E-state index in [1.165, 1.54) is 11.8 Å². The van der Waals surface area contributed by atoms with E-state index in [4.69, 9.17) is 0 Å². The zero-order valence-corrected chi connectivity index (χ0v) is 17.0. The SMILES string of the molecule is Cc1cccc(C)c1-n1nnnc1SC(C)C(=O)Nc1ccc(Br)cc1. The second kappa shape index (κ2) is 8.01. The molecule has 1 aromatic heterocycles. The number of halogens is 1. The maximum Gasteiger partial charge on any atom is 0.237 e. The summed E-state index contributed by atoms with van der Waals surface area (Å²) in [7, 11) is 0. The number of aryl methyl sites for hydroxylation is 2. The van der Waals surface area contributed by atoms with E-state index in [-0.39, 0.29) is 11.2 Å². The zero-order chi connectivity index (χ0) is 18.7. The monoisotopic (exact) mass is 431 g/mol. The molecule has 0 spiro atoms. The molecule has 8 heteroatoms. The molecule has 1 amide bonds. The van der Waals surface area contributed by atoms with Gasteiger partial charge in [0.15, 0.2) is 0 Å². The van der Waals surface area contributed by atoms with Gasteiger partial charge in [-0.1, -0.05) is 45.9 Å². The normalized spacial score (nSPS) is 12.0. The predicted octanol–water partition coefficient (Wildman–Crippen LogP) is 4.16. The zero-order valence-electron chi connectivity index (χ0n) is 14.6. The van der Waals surface area contributed by atoms with Crippen molar-refractivity contribution in [1.82, 2.24) is 20.2 Å². The van der Waals surface area contributed by atoms with Crippen LogP contribution in [0.25, 0.3) is 5.69 Å². The standard InChI is InChI=1S/C18H18BrN5OS/c1-11-5-4-6-12(2)16(11)24-18(21-22-23-24)26-13(3)17(25)20-15-9-7-14(19)8-10-15/h4-10,13H,1-3H3,(H,20,25). The van der Waals surface area contributed by atoms with Gasteiger partial charge in [0.1, 0.15) is 0 Å². The first-order valence-corrected chi connectivity index (χ1v) is 9.71. The Morgan fingerprint density at radius 3 is 2.46 bits per heavy atom. The van der Waals surface area contributed by atoms with E-state index in [2.05, 4.69) is 36.8 Å². The number of amides is 1. The summed E-state index contributed by atoms with van der Waals surface area (Å²) in [5.74, 6) is -0.103. The Balaban J connectivity index is 1.76. The van der Waals surface area contributed by atoms with Gasteiger partial charge >= 0.3 is 0 Å². The van der Waals surface area contributed by atoms with Gasteiger partial charge in [0, 0.05) is 10.2 Å². The van der Waals surface area contributed by atoms with Gasteiger partial charge in [-0.2, -0.15) is 4.68 Å². The van der Waals surface area contributed by atoms with E-state index in [1.54, 1.807) is 4.68 Å². The number of thioether (sulfide) groups is 1. The molecule has 6 nitrogen and oxygen atoms in total. The first-order valence-electron chi connectivity index (χ1n) is 8.04. The first kappa shape index (κ1) is 18.6. The Morgan fingerprint density at radius 2 is 1.81 bits per heavy atom. The van der Waals surface area contributed by atoms with Crippen LogP contribution in [0.5, 0.6) is 0 Å². The van der Waals surface area contributed by atoms with Crippen molar-refractivity contribution in [2.75, 3.05) is 5.32 Å². The van der Waals surface area contributed by atoms with E-state index in [0.29, 0.717) is 5.16 Å². The fourth-order valence-corrected chi connectivity index (χ4v) is 3.58. The van der Waals surface area contributed by atoms with Crippen molar-refractivity contribution in [3.05, 3.63) is 58.1 Å². The highest BCUT2D eigenvalue weighted by Gasteiger charge is 2.20. The lowest BCUT2D eigenvalue weighted by molar-refractivity contribution is -0.115. The molecule has 1 heterocycles. The third-order valence-corrected chi connectivity index (χ3v) is 5.42. The van der Waals surface area contributed by atoms with Crippen LogP contribution in [0.1, 0.15) is 18.1 Å². The van der Waals surface area contributed by atoms with Crippen molar-refractivity contribution in [3.8, 4) is 5.69 Å². The van der Waals surface area contributed by atoms with Crippen LogP contribution < -0.4 is 5.32 Å². The lowest BCUT2D eigenvalue weighted by Crippen LogP contribution is -2.23. The Morgan fingerprint density at radius 1 is 1.15 bits per heavy atom. The Bertz CT molecular complexity index is 905. The maximum absolute atomic E-state index is 12.5. The van der Waals surface area contributed by atoms with E-state index in [9.17, 15) is 4.79 Å². The van der Waals surface area contributed by atoms with Crippen LogP contribution in [0.15, 0.2) is 52.1 Å². The molecule has 1 atom stereocenters. The number of hydrogen-bond donors (Lipinski definition) is 1. The molecule has 2 aromatic carbocycles. The summed E-state index contributed by atoms with van der Waals surface area (Å²) in [5.41, 5.74) is 3.85. The average Bonchev–Trinajstić information content (AvgIpc) is 3.04. The third-order valence-electron chi connectivity index (χ3n) is 3.86. The van der Waals surface area contributed by atoms with Crippen molar-refractivity contribution in [3.63, 3.8) is 0 Å². The van der Waals surface area contributed by atoms with Gasteiger partial charge in [-0.25, -0.2) is 0 Å². The molecule has 3 rings (SSSR count). The number of benzene rings is 2. The fraction of sp³-hybridized carbons (Fsp3) is 0.222. The summed E-state index contributed by atoms with van der Waals surface area (Å²) in [6, 6.07) is 13.5. The molecule has 0 radical (unpaired) electrons. The minimum absolute atomic E-state index is 0.103. The quantitative estimate of drug-likeness (QED) is 0.613. The molecular formula is C18H18BrN5OS. The molecule has 134 valence electrons. The number of carbonyl (C=O) groups is 1. The molecule has 0 saturated heterocycles. The summed E-state index contributed by atoms with van der Waals surface area (Å²) in [6.07, 6.45) is 0. The first-order chi connectivity index (χ1) is 12.5. The molecule has 1 unspecified atom stereocenters. The molecule has 0 saturated carbocycles. The molecule has 1 N–H and O–H groups in total. The lowest BCUT2D eigenvalue weighted by atomic mass is 10.1. The Labute approximate surface area is 164 Å². The summed E-state index contributed by atoms with van der Waals surface area (Å²) in [5, 5.41) is 15.1. The van der Waals surface area contributed by atoms with Crippen LogP contribution >= 0.6 is 27.7 Å². The minimum atomic E-state index is -0.354. The highest BCUT2D eigenvalue weighted by Crippen LogP contribution is 2.27. The third kappa shape index (κ3) is 4.13. The van der Waals surface area contributed by atoms with Gasteiger partial charge in [0.2, 0.25) is 11.1 Å². The van der Waals surface area contributed by atoms with Crippen molar-refractivity contribution in [2.45, 2.75) is 31.2 Å². The lowest BCUT2D eigenvalue weighted by Gasteiger charge is -2.13. The van der Waals surface area contributed by atoms with Gasteiger partial charge in [-0.15, -0.1) is 5.10 Å². The number of aromatic nitrogens is 4. The molecule has 26 heavy (non-hydrogen) atoms. The molecule has 0 aliphatic rings. The number of carbonyl (C=O) groups excluding carboxylic acids is 1. The van der Waals surface area contributed by atoms with Crippen LogP contribution in [0.2, 0.25) is 0 Å². The van der Waals surface area contributed by atoms with Crippen molar-refractivity contribution in [1.29, 1.82) is 0 Å². The van der Waals surface area contributed by atoms with Crippen molar-refractivity contribution >= 4 is 39.3 Å². The number of rotatable bonds is 5. The summed E-state index contributed by atoms with van der Waals surface area (Å²) < 4.78 is 2.66. The van der Waals surface area contributed by atoms with Crippen LogP contribution in [0.4, 0.5) is 5.69 Å². The van der Waals surface area contributed by atoms with Gasteiger partial charge in [-0.05, 0) is 66.6 Å². The number of hydrogen-bond acceptors (Lipinski definition) is 5. The highest BCUT2D eigenvalue weighted by molar-refractivity contribution is 9.10. The number of nitrogens with zero attached hydrogens (tertiary/aromatic N) is 4. The molecule has 3 aromatic rings. The van der Waals surface area contributed by atoms with E-state index in [1.807, 2.05) is 63.2 Å². The van der Waals surface area contributed by atoms with Crippen molar-refractivity contribution < 1.29 is 4.79 Å². The van der Waals surface area contributed by atoms with Crippen LogP contribution in [0.3, 0.4) is 0 Å². The molecule has 0 bridgehead atoms. The van der Waals surface area contributed by atoms with E-state index in [0.717, 1.165) is 27.0 Å². The number of anilines is 1. The number of nitrogens with one attached hydrogen (secondary N) is 1. The second-order valence-electron chi connectivity index (χ2n) is 5.87. The molecule has 0 aliphatic heterocycles. The summed E-state index contributed by atoms with van der Waals surface area (Å²) in [6.45, 7) is 5.87. The predicted molar refractivity (Wildman–Crippen MR) is 107 cm³/mol. The minimum Gasteiger partial charge on any atom is -0.325 e. The van der Waals surface area contributed by atoms with Gasteiger partial charge in [0.25, 0.3) is 0 Å². The van der Waals surface area contributed by atoms with E-state index >= 15 is 0 Å². The van der Waals surface area contributed by atoms with Crippen LogP contribution in [-0.4, -0.2) is 31.4 Å². The summed E-state index contributed by atoms with van der Waals surface area (Å²) in [4.78, 5) is 12.5. The number of tetrazole rings is 1. The van der Waals surface area contributed by atoms with Crippen LogP contribution in [-0.2, 0) is 4.79 Å². The maximum atomic E-state index is 12.5. The smallest absolute Gasteiger partial charge is 0.237 e. The van der Waals surface area contributed by atoms with Gasteiger partial charge in [-0.3, -0.25) is 4.79 Å². The summed E-state index contributed by atoms with van der Waals surface area (Å²) >= 11 is 4.71. The number of para-hydroxylation sites is 1. The Hall–Kier alpha value is -2.19. The Kier molecular flexibility index (Phi) is 5.73. The van der Waals surface area contributed by atoms with Gasteiger partial charge in [0.05, 0.1) is 10.9 Å². The molecular weight excluding hydrogens is 414 g/mol. The highest BCUT2D eigenvalue weighted by atomic mass is 79.9. The molecule has 0 aliphatic carbocycles. The van der Waals surface area contributed by atoms with E-state index < -0.39 is 0 Å². The second-order valence-corrected chi connectivity index (χ2v) is 8.09. The van der Waals surface area contributed by atoms with Crippen molar-refractivity contribution in [2.24, 2.45) is 0 Å². The van der Waals surface area contributed by atoms with Gasteiger partial charge < -0.3 is 5.32 Å². The topological polar surface area (TPSA) is 72.7 Å². The average molecular weight is 432 g/mol. The molecule has 0 fully saturated rings.